The molecule has 0 spiro atoms. The Labute approximate surface area is 158 Å². The van der Waals surface area contributed by atoms with Gasteiger partial charge in [-0.25, -0.2) is 8.42 Å². The van der Waals surface area contributed by atoms with Crippen molar-refractivity contribution in [2.45, 2.75) is 17.7 Å². The molecule has 26 heavy (non-hydrogen) atoms. The van der Waals surface area contributed by atoms with Crippen LogP contribution in [-0.2, 0) is 10.0 Å². The highest BCUT2D eigenvalue weighted by molar-refractivity contribution is 7.89. The van der Waals surface area contributed by atoms with E-state index in [1.165, 1.54) is 0 Å². The van der Waals surface area contributed by atoms with Crippen LogP contribution in [0.15, 0.2) is 83.4 Å². The molecule has 0 fully saturated rings. The molecule has 2 aromatic rings. The van der Waals surface area contributed by atoms with Gasteiger partial charge < -0.3 is 10.6 Å². The lowest BCUT2D eigenvalue weighted by atomic mass is 10.2. The van der Waals surface area contributed by atoms with Gasteiger partial charge in [0.2, 0.25) is 0 Å². The first-order chi connectivity index (χ1) is 12.5. The third-order valence-corrected chi connectivity index (χ3v) is 5.30. The smallest absolute Gasteiger partial charge is 0.261 e. The Morgan fingerprint density at radius 1 is 0.885 bits per heavy atom. The Morgan fingerprint density at radius 2 is 1.54 bits per heavy atom. The van der Waals surface area contributed by atoms with Crippen molar-refractivity contribution in [2.75, 3.05) is 10.6 Å². The van der Waals surface area contributed by atoms with Gasteiger partial charge in [-0.2, -0.15) is 0 Å². The van der Waals surface area contributed by atoms with Crippen molar-refractivity contribution >= 4 is 38.7 Å². The minimum absolute atomic E-state index is 0.199. The predicted molar refractivity (Wildman–Crippen MR) is 110 cm³/mol. The largest absolute Gasteiger partial charge is 0.332 e. The summed E-state index contributed by atoms with van der Waals surface area (Å²) < 4.78 is 27.5. The standard InChI is InChI=1S/C19H19N3O2S2/c23-26(24,22-17-9-5-2-6-10-17)18-13-11-16(12-14-18)21-19(25)20-15-7-3-1-4-8-15/h1,3-5,7-14,22H,2,6H2,(H2,20,21,25). The Bertz CT molecular complexity index is 935. The molecule has 3 rings (SSSR count). The highest BCUT2D eigenvalue weighted by atomic mass is 32.2. The molecular formula is C19H19N3O2S2. The van der Waals surface area contributed by atoms with Gasteiger partial charge in [0.25, 0.3) is 10.0 Å². The van der Waals surface area contributed by atoms with Crippen molar-refractivity contribution in [3.8, 4) is 0 Å². The molecule has 0 saturated carbocycles. The van der Waals surface area contributed by atoms with Gasteiger partial charge in [-0.15, -0.1) is 0 Å². The Hall–Kier alpha value is -2.64. The minimum Gasteiger partial charge on any atom is -0.332 e. The van der Waals surface area contributed by atoms with Gasteiger partial charge in [0.1, 0.15) is 0 Å². The molecule has 1 aliphatic rings. The average molecular weight is 386 g/mol. The van der Waals surface area contributed by atoms with E-state index in [9.17, 15) is 8.42 Å². The van der Waals surface area contributed by atoms with Crippen LogP contribution in [0.3, 0.4) is 0 Å². The van der Waals surface area contributed by atoms with Crippen LogP contribution in [0.5, 0.6) is 0 Å². The van der Waals surface area contributed by atoms with E-state index in [2.05, 4.69) is 15.4 Å². The molecule has 0 heterocycles. The molecule has 1 aliphatic carbocycles. The average Bonchev–Trinajstić information content (AvgIpc) is 2.63. The Morgan fingerprint density at radius 3 is 2.15 bits per heavy atom. The number of allylic oxidation sites excluding steroid dienone is 3. The SMILES string of the molecule is O=S(=O)(NC1=CCCC=C1)c1ccc(NC(=S)Nc2ccccc2)cc1. The summed E-state index contributed by atoms with van der Waals surface area (Å²) in [5.74, 6) is 0. The van der Waals surface area contributed by atoms with E-state index in [4.69, 9.17) is 12.2 Å². The highest BCUT2D eigenvalue weighted by Crippen LogP contribution is 2.17. The normalized spacial score (nSPS) is 13.6. The number of hydrogen-bond donors (Lipinski definition) is 3. The van der Waals surface area contributed by atoms with Crippen LogP contribution in [0, 0.1) is 0 Å². The van der Waals surface area contributed by atoms with Crippen LogP contribution in [0.2, 0.25) is 0 Å². The second-order valence-corrected chi connectivity index (χ2v) is 7.80. The maximum Gasteiger partial charge on any atom is 0.261 e. The van der Waals surface area contributed by atoms with Crippen LogP contribution >= 0.6 is 12.2 Å². The number of anilines is 2. The van der Waals surface area contributed by atoms with Crippen molar-refractivity contribution < 1.29 is 8.42 Å². The maximum absolute atomic E-state index is 12.4. The van der Waals surface area contributed by atoms with E-state index in [1.54, 1.807) is 30.3 Å². The molecule has 0 amide bonds. The summed E-state index contributed by atoms with van der Waals surface area (Å²) in [5.41, 5.74) is 2.18. The Kier molecular flexibility index (Phi) is 5.70. The molecule has 0 saturated heterocycles. The summed E-state index contributed by atoms with van der Waals surface area (Å²) in [4.78, 5) is 0.199. The first kappa shape index (κ1) is 18.2. The van der Waals surface area contributed by atoms with Crippen molar-refractivity contribution in [1.82, 2.24) is 4.72 Å². The number of benzene rings is 2. The molecule has 7 heteroatoms. The summed E-state index contributed by atoms with van der Waals surface area (Å²) >= 11 is 5.26. The predicted octanol–water partition coefficient (Wildman–Crippen LogP) is 4.01. The Balaban J connectivity index is 1.63. The van der Waals surface area contributed by atoms with Crippen LogP contribution in [0.4, 0.5) is 11.4 Å². The topological polar surface area (TPSA) is 70.2 Å². The van der Waals surface area contributed by atoms with Gasteiger partial charge in [-0.05, 0) is 67.5 Å². The zero-order valence-electron chi connectivity index (χ0n) is 14.0. The number of nitrogens with one attached hydrogen (secondary N) is 3. The number of para-hydroxylation sites is 1. The quantitative estimate of drug-likeness (QED) is 0.679. The van der Waals surface area contributed by atoms with Crippen molar-refractivity contribution in [3.05, 3.63) is 78.5 Å². The molecule has 3 N–H and O–H groups in total. The van der Waals surface area contributed by atoms with Gasteiger partial charge in [-0.3, -0.25) is 4.72 Å². The fourth-order valence-corrected chi connectivity index (χ4v) is 3.75. The molecule has 0 radical (unpaired) electrons. The highest BCUT2D eigenvalue weighted by Gasteiger charge is 2.15. The zero-order valence-corrected chi connectivity index (χ0v) is 15.6. The fourth-order valence-electron chi connectivity index (χ4n) is 2.44. The van der Waals surface area contributed by atoms with Gasteiger partial charge in [0.15, 0.2) is 5.11 Å². The first-order valence-electron chi connectivity index (χ1n) is 8.15. The van der Waals surface area contributed by atoms with E-state index in [0.29, 0.717) is 16.5 Å². The van der Waals surface area contributed by atoms with Gasteiger partial charge in [-0.1, -0.05) is 30.4 Å². The second kappa shape index (κ2) is 8.16. The van der Waals surface area contributed by atoms with Crippen LogP contribution in [0.1, 0.15) is 12.8 Å². The molecule has 5 nitrogen and oxygen atoms in total. The van der Waals surface area contributed by atoms with E-state index < -0.39 is 10.0 Å². The zero-order chi connectivity index (χ0) is 18.4. The molecule has 0 bridgehead atoms. The van der Waals surface area contributed by atoms with Crippen LogP contribution in [-0.4, -0.2) is 13.5 Å². The van der Waals surface area contributed by atoms with Crippen molar-refractivity contribution in [2.24, 2.45) is 0 Å². The summed E-state index contributed by atoms with van der Waals surface area (Å²) in [6.07, 6.45) is 7.38. The summed E-state index contributed by atoms with van der Waals surface area (Å²) in [6, 6.07) is 16.0. The minimum atomic E-state index is -3.60. The third kappa shape index (κ3) is 4.93. The number of thiocarbonyl (C=S) groups is 1. The molecule has 0 unspecified atom stereocenters. The summed E-state index contributed by atoms with van der Waals surface area (Å²) in [6.45, 7) is 0. The summed E-state index contributed by atoms with van der Waals surface area (Å²) in [5, 5.41) is 6.53. The maximum atomic E-state index is 12.4. The molecule has 0 aliphatic heterocycles. The first-order valence-corrected chi connectivity index (χ1v) is 10.0. The van der Waals surface area contributed by atoms with Crippen molar-refractivity contribution in [1.29, 1.82) is 0 Å². The lowest BCUT2D eigenvalue weighted by Crippen LogP contribution is -2.23. The molecule has 2 aromatic carbocycles. The number of hydrogen-bond acceptors (Lipinski definition) is 3. The van der Waals surface area contributed by atoms with Crippen LogP contribution in [0.25, 0.3) is 0 Å². The fraction of sp³-hybridized carbons (Fsp3) is 0.105. The van der Waals surface area contributed by atoms with Gasteiger partial charge >= 0.3 is 0 Å². The van der Waals surface area contributed by atoms with Gasteiger partial charge in [0, 0.05) is 17.1 Å². The molecule has 134 valence electrons. The van der Waals surface area contributed by atoms with E-state index in [0.717, 1.165) is 18.5 Å². The van der Waals surface area contributed by atoms with E-state index >= 15 is 0 Å². The van der Waals surface area contributed by atoms with E-state index in [-0.39, 0.29) is 4.90 Å². The lowest BCUT2D eigenvalue weighted by molar-refractivity contribution is 0.589. The second-order valence-electron chi connectivity index (χ2n) is 5.71. The van der Waals surface area contributed by atoms with Crippen LogP contribution < -0.4 is 15.4 Å². The molecule has 0 aromatic heterocycles. The third-order valence-electron chi connectivity index (χ3n) is 3.70. The number of rotatable bonds is 5. The molecule has 0 atom stereocenters. The molecular weight excluding hydrogens is 366 g/mol. The summed E-state index contributed by atoms with van der Waals surface area (Å²) in [7, 11) is -3.60. The van der Waals surface area contributed by atoms with Crippen molar-refractivity contribution in [3.63, 3.8) is 0 Å². The van der Waals surface area contributed by atoms with Gasteiger partial charge in [0.05, 0.1) is 4.90 Å². The lowest BCUT2D eigenvalue weighted by Gasteiger charge is -2.13. The monoisotopic (exact) mass is 385 g/mol. The van der Waals surface area contributed by atoms with E-state index in [1.807, 2.05) is 42.5 Å². The number of sulfonamides is 1.